The van der Waals surface area contributed by atoms with Crippen LogP contribution < -0.4 is 10.6 Å². The molecular formula is C13H12FN3O. The van der Waals surface area contributed by atoms with Gasteiger partial charge in [0, 0.05) is 12.6 Å². The molecule has 0 unspecified atom stereocenters. The van der Waals surface area contributed by atoms with Gasteiger partial charge in [0.05, 0.1) is 11.9 Å². The smallest absolute Gasteiger partial charge is 0.222 e. The van der Waals surface area contributed by atoms with E-state index >= 15 is 0 Å². The van der Waals surface area contributed by atoms with Crippen molar-refractivity contribution >= 4 is 23.1 Å². The van der Waals surface area contributed by atoms with Crippen molar-refractivity contribution in [1.29, 1.82) is 0 Å². The molecule has 2 aromatic rings. The molecule has 0 radical (unpaired) electrons. The number of nitrogens with one attached hydrogen (secondary N) is 2. The zero-order valence-corrected chi connectivity index (χ0v) is 9.77. The number of pyridine rings is 1. The van der Waals surface area contributed by atoms with Crippen LogP contribution in [0.4, 0.5) is 21.6 Å². The Morgan fingerprint density at radius 2 is 2.06 bits per heavy atom. The molecule has 1 aromatic heterocycles. The highest BCUT2D eigenvalue weighted by atomic mass is 19.1. The van der Waals surface area contributed by atoms with Crippen molar-refractivity contribution in [3.8, 4) is 0 Å². The standard InChI is InChI=1S/C13H12FN3O/c1-9(18)16-13-6-5-12(8-15-13)17-11-4-2-3-10(14)7-11/h2-8,17H,1H3,(H,15,16,18). The molecule has 0 atom stereocenters. The molecule has 0 aliphatic heterocycles. The van der Waals surface area contributed by atoms with Crippen LogP contribution in [-0.2, 0) is 4.79 Å². The van der Waals surface area contributed by atoms with Gasteiger partial charge < -0.3 is 10.6 Å². The van der Waals surface area contributed by atoms with E-state index in [1.165, 1.54) is 19.1 Å². The number of rotatable bonds is 3. The lowest BCUT2D eigenvalue weighted by Crippen LogP contribution is -2.07. The number of carbonyl (C=O) groups excluding carboxylic acids is 1. The van der Waals surface area contributed by atoms with E-state index in [9.17, 15) is 9.18 Å². The highest BCUT2D eigenvalue weighted by Crippen LogP contribution is 2.17. The Labute approximate surface area is 104 Å². The van der Waals surface area contributed by atoms with Crippen LogP contribution >= 0.6 is 0 Å². The first-order valence-electron chi connectivity index (χ1n) is 5.40. The summed E-state index contributed by atoms with van der Waals surface area (Å²) in [5.74, 6) is 0.00320. The average Bonchev–Trinajstić information content (AvgIpc) is 2.31. The Balaban J connectivity index is 2.08. The molecule has 0 saturated carbocycles. The van der Waals surface area contributed by atoms with Crippen molar-refractivity contribution in [3.63, 3.8) is 0 Å². The van der Waals surface area contributed by atoms with E-state index in [2.05, 4.69) is 15.6 Å². The summed E-state index contributed by atoms with van der Waals surface area (Å²) in [4.78, 5) is 14.9. The molecule has 0 aliphatic rings. The van der Waals surface area contributed by atoms with Crippen LogP contribution in [0.15, 0.2) is 42.6 Å². The van der Waals surface area contributed by atoms with E-state index in [-0.39, 0.29) is 11.7 Å². The zero-order valence-electron chi connectivity index (χ0n) is 9.77. The molecule has 0 aliphatic carbocycles. The third kappa shape index (κ3) is 3.28. The fraction of sp³-hybridized carbons (Fsp3) is 0.0769. The second kappa shape index (κ2) is 5.27. The normalized spacial score (nSPS) is 9.89. The Morgan fingerprint density at radius 1 is 1.22 bits per heavy atom. The molecular weight excluding hydrogens is 233 g/mol. The summed E-state index contributed by atoms with van der Waals surface area (Å²) in [6.45, 7) is 1.42. The zero-order chi connectivity index (χ0) is 13.0. The van der Waals surface area contributed by atoms with Gasteiger partial charge in [-0.05, 0) is 30.3 Å². The van der Waals surface area contributed by atoms with Crippen LogP contribution in [0.2, 0.25) is 0 Å². The van der Waals surface area contributed by atoms with Gasteiger partial charge in [-0.15, -0.1) is 0 Å². The summed E-state index contributed by atoms with van der Waals surface area (Å²) in [7, 11) is 0. The monoisotopic (exact) mass is 245 g/mol. The lowest BCUT2D eigenvalue weighted by atomic mass is 10.3. The van der Waals surface area contributed by atoms with Gasteiger partial charge in [-0.2, -0.15) is 0 Å². The van der Waals surface area contributed by atoms with Crippen molar-refractivity contribution in [2.24, 2.45) is 0 Å². The number of hydrogen-bond donors (Lipinski definition) is 2. The van der Waals surface area contributed by atoms with Gasteiger partial charge in [0.15, 0.2) is 0 Å². The van der Waals surface area contributed by atoms with Crippen LogP contribution in [0, 0.1) is 5.82 Å². The van der Waals surface area contributed by atoms with Crippen LogP contribution in [0.3, 0.4) is 0 Å². The maximum absolute atomic E-state index is 13.0. The molecule has 2 rings (SSSR count). The van der Waals surface area contributed by atoms with Crippen LogP contribution in [0.25, 0.3) is 0 Å². The first-order valence-corrected chi connectivity index (χ1v) is 5.40. The molecule has 0 spiro atoms. The maximum atomic E-state index is 13.0. The van der Waals surface area contributed by atoms with Gasteiger partial charge in [0.25, 0.3) is 0 Å². The summed E-state index contributed by atoms with van der Waals surface area (Å²) in [5.41, 5.74) is 1.36. The largest absolute Gasteiger partial charge is 0.354 e. The number of nitrogens with zero attached hydrogens (tertiary/aromatic N) is 1. The SMILES string of the molecule is CC(=O)Nc1ccc(Nc2cccc(F)c2)cn1. The molecule has 0 bridgehead atoms. The number of aromatic nitrogens is 1. The minimum atomic E-state index is -0.303. The number of anilines is 3. The molecule has 92 valence electrons. The molecule has 0 fully saturated rings. The first kappa shape index (κ1) is 12.0. The Bertz CT molecular complexity index is 554. The van der Waals surface area contributed by atoms with E-state index in [1.807, 2.05) is 0 Å². The lowest BCUT2D eigenvalue weighted by molar-refractivity contribution is -0.114. The second-order valence-electron chi connectivity index (χ2n) is 3.75. The summed E-state index contributed by atoms with van der Waals surface area (Å²) >= 11 is 0. The van der Waals surface area contributed by atoms with Crippen LogP contribution in [0.5, 0.6) is 0 Å². The average molecular weight is 245 g/mol. The first-order chi connectivity index (χ1) is 8.63. The summed E-state index contributed by atoms with van der Waals surface area (Å²) in [6, 6.07) is 9.57. The molecule has 4 nitrogen and oxygen atoms in total. The summed E-state index contributed by atoms with van der Waals surface area (Å²) in [6.07, 6.45) is 1.57. The van der Waals surface area contributed by atoms with Crippen molar-refractivity contribution < 1.29 is 9.18 Å². The molecule has 5 heteroatoms. The van der Waals surface area contributed by atoms with E-state index in [0.29, 0.717) is 11.5 Å². The van der Waals surface area contributed by atoms with Gasteiger partial charge >= 0.3 is 0 Å². The van der Waals surface area contributed by atoms with Gasteiger partial charge in [-0.3, -0.25) is 4.79 Å². The Hall–Kier alpha value is -2.43. The van der Waals surface area contributed by atoms with Crippen molar-refractivity contribution in [3.05, 3.63) is 48.4 Å². The third-order valence-electron chi connectivity index (χ3n) is 2.18. The highest BCUT2D eigenvalue weighted by Gasteiger charge is 1.99. The molecule has 1 aromatic carbocycles. The Kier molecular flexibility index (Phi) is 3.52. The van der Waals surface area contributed by atoms with Gasteiger partial charge in [0.2, 0.25) is 5.91 Å². The number of amides is 1. The van der Waals surface area contributed by atoms with Crippen molar-refractivity contribution in [2.75, 3.05) is 10.6 Å². The number of hydrogen-bond acceptors (Lipinski definition) is 3. The predicted octanol–water partition coefficient (Wildman–Crippen LogP) is 2.92. The van der Waals surface area contributed by atoms with Gasteiger partial charge in [0.1, 0.15) is 11.6 Å². The van der Waals surface area contributed by atoms with Crippen LogP contribution in [-0.4, -0.2) is 10.9 Å². The molecule has 2 N–H and O–H groups in total. The predicted molar refractivity (Wildman–Crippen MR) is 68.2 cm³/mol. The fourth-order valence-corrected chi connectivity index (χ4v) is 1.46. The lowest BCUT2D eigenvalue weighted by Gasteiger charge is -2.07. The van der Waals surface area contributed by atoms with E-state index in [0.717, 1.165) is 5.69 Å². The van der Waals surface area contributed by atoms with E-state index in [1.54, 1.807) is 30.5 Å². The highest BCUT2D eigenvalue weighted by molar-refractivity contribution is 5.87. The summed E-state index contributed by atoms with van der Waals surface area (Å²) < 4.78 is 13.0. The number of halogens is 1. The fourth-order valence-electron chi connectivity index (χ4n) is 1.46. The third-order valence-corrected chi connectivity index (χ3v) is 2.18. The van der Waals surface area contributed by atoms with E-state index < -0.39 is 0 Å². The minimum Gasteiger partial charge on any atom is -0.354 e. The molecule has 1 amide bonds. The molecule has 1 heterocycles. The molecule has 0 saturated heterocycles. The number of benzene rings is 1. The van der Waals surface area contributed by atoms with E-state index in [4.69, 9.17) is 0 Å². The van der Waals surface area contributed by atoms with Gasteiger partial charge in [-0.1, -0.05) is 6.07 Å². The van der Waals surface area contributed by atoms with Crippen molar-refractivity contribution in [2.45, 2.75) is 6.92 Å². The Morgan fingerprint density at radius 3 is 2.67 bits per heavy atom. The summed E-state index contributed by atoms with van der Waals surface area (Å²) in [5, 5.41) is 5.58. The van der Waals surface area contributed by atoms with Gasteiger partial charge in [-0.25, -0.2) is 9.37 Å². The quantitative estimate of drug-likeness (QED) is 0.874. The minimum absolute atomic E-state index is 0.173. The molecule has 18 heavy (non-hydrogen) atoms. The maximum Gasteiger partial charge on any atom is 0.222 e. The second-order valence-corrected chi connectivity index (χ2v) is 3.75. The van der Waals surface area contributed by atoms with Crippen LogP contribution in [0.1, 0.15) is 6.92 Å². The topological polar surface area (TPSA) is 54.0 Å². The van der Waals surface area contributed by atoms with Crippen molar-refractivity contribution in [1.82, 2.24) is 4.98 Å². The number of carbonyl (C=O) groups is 1.